The summed E-state index contributed by atoms with van der Waals surface area (Å²) in [6, 6.07) is 27.4. The number of amides is 1. The molecule has 1 N–H and O–H groups in total. The van der Waals surface area contributed by atoms with E-state index in [-0.39, 0.29) is 39.3 Å². The van der Waals surface area contributed by atoms with Crippen LogP contribution in [0, 0.1) is 12.8 Å². The summed E-state index contributed by atoms with van der Waals surface area (Å²) in [5.41, 5.74) is 1.42. The standard InChI is InChI=1S/C46H71NO8SSi2/c1-35-26-29-40(30-27-35)56(50,51)54-38(21-20-32-53-58(46(7,8)9,41-22-16-14-17-23-41)42-24-18-15-19-25-42)33-36(2)43(48)31-28-39(55-57(12,13)45(4,5)6)34-37(3)44(49)47(10)52-11/h14-19,22-27,29-30,37-39,43,48H,2,20-21,28,31-34H2,1,3-13H3/t37-,38-,39-,43+/m1/s1. The number of hydrogen-bond acceptors (Lipinski definition) is 8. The predicted octanol–water partition coefficient (Wildman–Crippen LogP) is 8.95. The lowest BCUT2D eigenvalue weighted by molar-refractivity contribution is -0.173. The first kappa shape index (κ1) is 49.4. The molecule has 0 spiro atoms. The van der Waals surface area contributed by atoms with Crippen molar-refractivity contribution in [2.45, 2.75) is 140 Å². The zero-order chi connectivity index (χ0) is 43.5. The van der Waals surface area contributed by atoms with Crippen LogP contribution >= 0.6 is 0 Å². The molecule has 0 aliphatic heterocycles. The van der Waals surface area contributed by atoms with Crippen molar-refractivity contribution in [3.63, 3.8) is 0 Å². The normalized spacial score (nSPS) is 15.1. The zero-order valence-corrected chi connectivity index (χ0v) is 40.0. The number of rotatable bonds is 22. The number of carbonyl (C=O) groups is 1. The van der Waals surface area contributed by atoms with Gasteiger partial charge in [-0.25, -0.2) is 5.06 Å². The summed E-state index contributed by atoms with van der Waals surface area (Å²) in [5.74, 6) is -0.513. The molecular weight excluding hydrogens is 783 g/mol. The molecule has 12 heteroatoms. The molecule has 4 atom stereocenters. The fourth-order valence-electron chi connectivity index (χ4n) is 7.11. The van der Waals surface area contributed by atoms with Crippen molar-refractivity contribution in [3.8, 4) is 0 Å². The number of nitrogens with zero attached hydrogens (tertiary/aromatic N) is 1. The highest BCUT2D eigenvalue weighted by Gasteiger charge is 2.50. The number of aliphatic hydroxyl groups is 1. The maximum absolute atomic E-state index is 13.7. The van der Waals surface area contributed by atoms with Crippen molar-refractivity contribution in [3.05, 3.63) is 103 Å². The van der Waals surface area contributed by atoms with E-state index in [1.54, 1.807) is 31.3 Å². The van der Waals surface area contributed by atoms with Crippen molar-refractivity contribution in [1.82, 2.24) is 5.06 Å². The third-order valence-electron chi connectivity index (χ3n) is 11.6. The van der Waals surface area contributed by atoms with Gasteiger partial charge in [-0.15, -0.1) is 0 Å². The lowest BCUT2D eigenvalue weighted by Crippen LogP contribution is -2.66. The van der Waals surface area contributed by atoms with E-state index in [1.165, 1.54) is 22.5 Å². The van der Waals surface area contributed by atoms with Crippen LogP contribution < -0.4 is 10.4 Å². The summed E-state index contributed by atoms with van der Waals surface area (Å²) in [5, 5.41) is 14.8. The van der Waals surface area contributed by atoms with Crippen LogP contribution in [0.1, 0.15) is 92.6 Å². The van der Waals surface area contributed by atoms with Crippen molar-refractivity contribution in [1.29, 1.82) is 0 Å². The Morgan fingerprint density at radius 1 is 0.828 bits per heavy atom. The molecule has 0 radical (unpaired) electrons. The minimum atomic E-state index is -4.13. The average molecular weight is 854 g/mol. The average Bonchev–Trinajstić information content (AvgIpc) is 3.15. The molecule has 3 aromatic carbocycles. The first-order valence-corrected chi connectivity index (χ1v) is 26.8. The van der Waals surface area contributed by atoms with Crippen LogP contribution in [0.4, 0.5) is 0 Å². The molecule has 0 heterocycles. The quantitative estimate of drug-likeness (QED) is 0.0351. The van der Waals surface area contributed by atoms with Gasteiger partial charge in [0, 0.05) is 25.7 Å². The summed E-state index contributed by atoms with van der Waals surface area (Å²) in [7, 11) is -6.12. The molecule has 0 saturated heterocycles. The Bertz CT molecular complexity index is 1800. The highest BCUT2D eigenvalue weighted by atomic mass is 32.2. The number of benzene rings is 3. The number of aliphatic hydroxyl groups excluding tert-OH is 1. The van der Waals surface area contributed by atoms with Crippen LogP contribution in [0.15, 0.2) is 102 Å². The van der Waals surface area contributed by atoms with Gasteiger partial charge in [-0.1, -0.05) is 133 Å². The number of hydroxylamine groups is 2. The summed E-state index contributed by atoms with van der Waals surface area (Å²) in [6.07, 6.45) is 0.258. The minimum Gasteiger partial charge on any atom is -0.414 e. The molecule has 1 amide bonds. The van der Waals surface area contributed by atoms with E-state index in [4.69, 9.17) is 17.9 Å². The number of carbonyl (C=O) groups excluding carboxylic acids is 1. The predicted molar refractivity (Wildman–Crippen MR) is 241 cm³/mol. The fourth-order valence-corrected chi connectivity index (χ4v) is 14.2. The summed E-state index contributed by atoms with van der Waals surface area (Å²) >= 11 is 0. The molecule has 322 valence electrons. The molecule has 0 saturated carbocycles. The summed E-state index contributed by atoms with van der Waals surface area (Å²) in [6.45, 7) is 25.9. The lowest BCUT2D eigenvalue weighted by Gasteiger charge is -2.43. The van der Waals surface area contributed by atoms with Gasteiger partial charge in [-0.2, -0.15) is 8.42 Å². The molecule has 0 fully saturated rings. The largest absolute Gasteiger partial charge is 0.414 e. The van der Waals surface area contributed by atoms with Crippen molar-refractivity contribution in [2.24, 2.45) is 5.92 Å². The van der Waals surface area contributed by atoms with Crippen LogP contribution in [0.5, 0.6) is 0 Å². The molecule has 0 aromatic heterocycles. The van der Waals surface area contributed by atoms with Crippen molar-refractivity contribution < 1.29 is 36.2 Å². The smallest absolute Gasteiger partial charge is 0.297 e. The monoisotopic (exact) mass is 853 g/mol. The Morgan fingerprint density at radius 2 is 1.36 bits per heavy atom. The van der Waals surface area contributed by atoms with Gasteiger partial charge in [0.1, 0.15) is 0 Å². The Labute approximate surface area is 352 Å². The van der Waals surface area contributed by atoms with Crippen molar-refractivity contribution in [2.75, 3.05) is 20.8 Å². The summed E-state index contributed by atoms with van der Waals surface area (Å²) in [4.78, 5) is 18.2. The highest BCUT2D eigenvalue weighted by molar-refractivity contribution is 7.86. The Morgan fingerprint density at radius 3 is 1.84 bits per heavy atom. The maximum atomic E-state index is 13.7. The van der Waals surface area contributed by atoms with Crippen LogP contribution in [0.3, 0.4) is 0 Å². The van der Waals surface area contributed by atoms with E-state index >= 15 is 0 Å². The van der Waals surface area contributed by atoms with E-state index in [0.29, 0.717) is 44.3 Å². The van der Waals surface area contributed by atoms with Gasteiger partial charge in [0.15, 0.2) is 8.32 Å². The molecule has 9 nitrogen and oxygen atoms in total. The molecule has 58 heavy (non-hydrogen) atoms. The Kier molecular flexibility index (Phi) is 17.9. The van der Waals surface area contributed by atoms with Crippen LogP contribution in [-0.4, -0.2) is 80.2 Å². The molecule has 3 rings (SSSR count). The second-order valence-corrected chi connectivity index (χ2v) is 28.9. The molecule has 0 bridgehead atoms. The van der Waals surface area contributed by atoms with E-state index < -0.39 is 39.0 Å². The van der Waals surface area contributed by atoms with Gasteiger partial charge in [0.05, 0.1) is 24.2 Å². The Balaban J connectivity index is 1.84. The number of hydrogen-bond donors (Lipinski definition) is 1. The van der Waals surface area contributed by atoms with Crippen LogP contribution in [0.25, 0.3) is 0 Å². The minimum absolute atomic E-state index is 0.0571. The SMILES string of the molecule is C=C(C[C@@H](CCCO[Si](c1ccccc1)(c1ccccc1)C(C)(C)C)OS(=O)(=O)c1ccc(C)cc1)[C@@H](O)CC[C@H](C[C@@H](C)C(=O)N(C)OC)O[Si](C)(C)C(C)(C)C. The topological polar surface area (TPSA) is 112 Å². The van der Waals surface area contributed by atoms with Gasteiger partial charge >= 0.3 is 0 Å². The van der Waals surface area contributed by atoms with Gasteiger partial charge in [-0.05, 0) is 96.7 Å². The number of aryl methyl sites for hydroxylation is 1. The second-order valence-electron chi connectivity index (χ2n) is 18.3. The second kappa shape index (κ2) is 21.0. The van der Waals surface area contributed by atoms with E-state index in [0.717, 1.165) is 5.56 Å². The van der Waals surface area contributed by atoms with Gasteiger partial charge in [-0.3, -0.25) is 13.8 Å². The van der Waals surface area contributed by atoms with Crippen molar-refractivity contribution >= 4 is 43.0 Å². The van der Waals surface area contributed by atoms with Crippen LogP contribution in [-0.2, 0) is 32.8 Å². The Hall–Kier alpha value is -2.95. The molecule has 0 unspecified atom stereocenters. The molecule has 0 aliphatic carbocycles. The van der Waals surface area contributed by atoms with Gasteiger partial charge < -0.3 is 14.0 Å². The molecular formula is C46H71NO8SSi2. The van der Waals surface area contributed by atoms with Gasteiger partial charge in [0.25, 0.3) is 18.4 Å². The molecule has 3 aromatic rings. The third kappa shape index (κ3) is 13.3. The van der Waals surface area contributed by atoms with E-state index in [2.05, 4.69) is 85.5 Å². The van der Waals surface area contributed by atoms with E-state index in [9.17, 15) is 18.3 Å². The molecule has 0 aliphatic rings. The first-order chi connectivity index (χ1) is 26.9. The summed E-state index contributed by atoms with van der Waals surface area (Å²) < 4.78 is 47.2. The zero-order valence-electron chi connectivity index (χ0n) is 37.2. The maximum Gasteiger partial charge on any atom is 0.297 e. The fraction of sp³-hybridized carbons (Fsp3) is 0.543. The first-order valence-electron chi connectivity index (χ1n) is 20.6. The van der Waals surface area contributed by atoms with Crippen LogP contribution in [0.2, 0.25) is 23.2 Å². The van der Waals surface area contributed by atoms with E-state index in [1.807, 2.05) is 50.2 Å². The lowest BCUT2D eigenvalue weighted by atomic mass is 9.94. The highest BCUT2D eigenvalue weighted by Crippen LogP contribution is 2.39. The third-order valence-corrected chi connectivity index (χ3v) is 22.5. The van der Waals surface area contributed by atoms with Gasteiger partial charge in [0.2, 0.25) is 5.91 Å².